The fourth-order valence-corrected chi connectivity index (χ4v) is 5.96. The smallest absolute Gasteiger partial charge is 0.246 e. The summed E-state index contributed by atoms with van der Waals surface area (Å²) < 4.78 is 31.2. The summed E-state index contributed by atoms with van der Waals surface area (Å²) in [6.45, 7) is 5.78. The van der Waals surface area contributed by atoms with Crippen LogP contribution in [-0.4, -0.2) is 51.9 Å². The van der Waals surface area contributed by atoms with Crippen LogP contribution in [-0.2, 0) is 4.79 Å². The van der Waals surface area contributed by atoms with E-state index in [1.54, 1.807) is 11.0 Å². The zero-order valence-corrected chi connectivity index (χ0v) is 20.3. The van der Waals surface area contributed by atoms with Crippen LogP contribution in [0, 0.1) is 11.6 Å². The number of benzene rings is 2. The van der Waals surface area contributed by atoms with Crippen LogP contribution in [0.25, 0.3) is 32.2 Å². The molecule has 3 heterocycles. The maximum absolute atomic E-state index is 16.4. The molecule has 6 rings (SSSR count). The van der Waals surface area contributed by atoms with E-state index in [4.69, 9.17) is 5.73 Å². The first-order chi connectivity index (χ1) is 17.5. The lowest BCUT2D eigenvalue weighted by Gasteiger charge is -2.35. The molecule has 0 atom stereocenters. The van der Waals surface area contributed by atoms with Gasteiger partial charge in [0.2, 0.25) is 5.91 Å². The van der Waals surface area contributed by atoms with E-state index >= 15 is 4.39 Å². The van der Waals surface area contributed by atoms with Crippen LogP contribution in [0.15, 0.2) is 37.2 Å². The highest BCUT2D eigenvalue weighted by Crippen LogP contribution is 2.47. The number of carbonyl (C=O) groups is 1. The van der Waals surface area contributed by atoms with Crippen LogP contribution in [0.4, 0.5) is 19.7 Å². The minimum atomic E-state index is -0.460. The molecule has 4 aromatic rings. The Morgan fingerprint density at radius 2 is 1.92 bits per heavy atom. The standard InChI is InChI=1S/C26H24F2N6OS/c1-2-19(35)33-8-10-34(11-9-33)25-17-12-16(14-4-3-5-14)20(21(28)22(17)30-13-31-25)15-6-7-18(27)24-23(15)32-26(29)36-24/h2,6-7,12-14H,1,3-5,8-11H2,(H2,29,32). The molecule has 184 valence electrons. The summed E-state index contributed by atoms with van der Waals surface area (Å²) in [5.41, 5.74) is 8.28. The van der Waals surface area contributed by atoms with Gasteiger partial charge in [-0.05, 0) is 48.6 Å². The molecule has 7 nitrogen and oxygen atoms in total. The largest absolute Gasteiger partial charge is 0.375 e. The third-order valence-electron chi connectivity index (χ3n) is 7.27. The monoisotopic (exact) mass is 506 g/mol. The predicted molar refractivity (Wildman–Crippen MR) is 138 cm³/mol. The summed E-state index contributed by atoms with van der Waals surface area (Å²) in [6.07, 6.45) is 5.67. The summed E-state index contributed by atoms with van der Waals surface area (Å²) in [7, 11) is 0. The van der Waals surface area contributed by atoms with Crippen molar-refractivity contribution in [2.45, 2.75) is 25.2 Å². The Labute approximate surface area is 210 Å². The van der Waals surface area contributed by atoms with Gasteiger partial charge in [-0.1, -0.05) is 24.3 Å². The SMILES string of the molecule is C=CC(=O)N1CCN(c2ncnc3c(F)c(-c4ccc(F)c5sc(N)nc45)c(C4CCC4)cc23)CC1. The zero-order chi connectivity index (χ0) is 25.0. The molecule has 1 aliphatic heterocycles. The van der Waals surface area contributed by atoms with Crippen molar-refractivity contribution in [2.24, 2.45) is 0 Å². The van der Waals surface area contributed by atoms with Gasteiger partial charge in [0.1, 0.15) is 23.5 Å². The van der Waals surface area contributed by atoms with Crippen LogP contribution < -0.4 is 10.6 Å². The number of nitrogens with two attached hydrogens (primary N) is 1. The summed E-state index contributed by atoms with van der Waals surface area (Å²) in [5, 5.41) is 0.877. The molecule has 0 spiro atoms. The minimum Gasteiger partial charge on any atom is -0.375 e. The fourth-order valence-electron chi connectivity index (χ4n) is 5.20. The van der Waals surface area contributed by atoms with Crippen LogP contribution in [0.5, 0.6) is 0 Å². The van der Waals surface area contributed by atoms with Crippen LogP contribution in [0.3, 0.4) is 0 Å². The number of anilines is 2. The molecule has 1 amide bonds. The Balaban J connectivity index is 1.52. The number of carbonyl (C=O) groups excluding carboxylic acids is 1. The molecule has 1 saturated carbocycles. The molecule has 0 bridgehead atoms. The van der Waals surface area contributed by atoms with E-state index < -0.39 is 11.6 Å². The summed E-state index contributed by atoms with van der Waals surface area (Å²) >= 11 is 1.06. The number of piperazine rings is 1. The average Bonchev–Trinajstić information content (AvgIpc) is 3.26. The highest BCUT2D eigenvalue weighted by atomic mass is 32.1. The summed E-state index contributed by atoms with van der Waals surface area (Å²) in [5.74, 6) is -0.145. The van der Waals surface area contributed by atoms with Crippen molar-refractivity contribution in [3.8, 4) is 11.1 Å². The second-order valence-electron chi connectivity index (χ2n) is 9.22. The maximum atomic E-state index is 16.4. The zero-order valence-electron chi connectivity index (χ0n) is 19.5. The number of hydrogen-bond donors (Lipinski definition) is 1. The third kappa shape index (κ3) is 3.59. The van der Waals surface area contributed by atoms with Crippen molar-refractivity contribution < 1.29 is 13.6 Å². The number of amides is 1. The van der Waals surface area contributed by atoms with Crippen molar-refractivity contribution in [3.63, 3.8) is 0 Å². The second-order valence-corrected chi connectivity index (χ2v) is 10.2. The fraction of sp³-hybridized carbons (Fsp3) is 0.308. The highest BCUT2D eigenvalue weighted by Gasteiger charge is 2.30. The Hall–Kier alpha value is -3.66. The Morgan fingerprint density at radius 3 is 2.61 bits per heavy atom. The molecule has 2 aliphatic rings. The molecule has 2 N–H and O–H groups in total. The molecular formula is C26H24F2N6OS. The van der Waals surface area contributed by atoms with Gasteiger partial charge in [0.25, 0.3) is 0 Å². The van der Waals surface area contributed by atoms with Gasteiger partial charge >= 0.3 is 0 Å². The Kier molecular flexibility index (Phi) is 5.55. The van der Waals surface area contributed by atoms with Crippen molar-refractivity contribution in [3.05, 3.63) is 54.4 Å². The minimum absolute atomic E-state index is 0.0987. The van der Waals surface area contributed by atoms with Gasteiger partial charge in [-0.15, -0.1) is 0 Å². The van der Waals surface area contributed by atoms with Gasteiger partial charge in [-0.3, -0.25) is 4.79 Å². The lowest BCUT2D eigenvalue weighted by molar-refractivity contribution is -0.126. The van der Waals surface area contributed by atoms with Gasteiger partial charge in [0, 0.05) is 42.7 Å². The van der Waals surface area contributed by atoms with Crippen molar-refractivity contribution >= 4 is 49.3 Å². The Bertz CT molecular complexity index is 1520. The lowest BCUT2D eigenvalue weighted by atomic mass is 9.76. The number of halogens is 2. The van der Waals surface area contributed by atoms with Gasteiger partial charge in [0.05, 0.1) is 10.2 Å². The first-order valence-corrected chi connectivity index (χ1v) is 12.8. The van der Waals surface area contributed by atoms with E-state index in [2.05, 4.69) is 26.4 Å². The number of rotatable bonds is 4. The second kappa shape index (κ2) is 8.77. The summed E-state index contributed by atoms with van der Waals surface area (Å²) in [4.78, 5) is 29.0. The van der Waals surface area contributed by atoms with E-state index in [0.717, 1.165) is 36.2 Å². The molecule has 0 radical (unpaired) electrons. The maximum Gasteiger partial charge on any atom is 0.246 e. The molecule has 0 unspecified atom stereocenters. The van der Waals surface area contributed by atoms with E-state index in [1.807, 2.05) is 6.07 Å². The average molecular weight is 507 g/mol. The van der Waals surface area contributed by atoms with Crippen LogP contribution >= 0.6 is 11.3 Å². The number of nitrogen functional groups attached to an aromatic ring is 1. The lowest BCUT2D eigenvalue weighted by Crippen LogP contribution is -2.48. The molecule has 2 fully saturated rings. The van der Waals surface area contributed by atoms with Crippen molar-refractivity contribution in [1.29, 1.82) is 0 Å². The molecular weight excluding hydrogens is 482 g/mol. The van der Waals surface area contributed by atoms with Gasteiger partial charge < -0.3 is 15.5 Å². The van der Waals surface area contributed by atoms with Crippen LogP contribution in [0.1, 0.15) is 30.7 Å². The van der Waals surface area contributed by atoms with E-state index in [9.17, 15) is 9.18 Å². The van der Waals surface area contributed by atoms with E-state index in [0.29, 0.717) is 58.7 Å². The molecule has 1 aliphatic carbocycles. The van der Waals surface area contributed by atoms with Crippen molar-refractivity contribution in [2.75, 3.05) is 36.8 Å². The number of hydrogen-bond acceptors (Lipinski definition) is 7. The molecule has 2 aromatic heterocycles. The van der Waals surface area contributed by atoms with Gasteiger partial charge in [-0.2, -0.15) is 0 Å². The van der Waals surface area contributed by atoms with Crippen molar-refractivity contribution in [1.82, 2.24) is 19.9 Å². The predicted octanol–water partition coefficient (Wildman–Crippen LogP) is 4.87. The molecule has 36 heavy (non-hydrogen) atoms. The number of thiazole rings is 1. The van der Waals surface area contributed by atoms with Crippen LogP contribution in [0.2, 0.25) is 0 Å². The van der Waals surface area contributed by atoms with E-state index in [-0.39, 0.29) is 22.5 Å². The number of nitrogens with zero attached hydrogens (tertiary/aromatic N) is 5. The first-order valence-electron chi connectivity index (χ1n) is 11.9. The highest BCUT2D eigenvalue weighted by molar-refractivity contribution is 7.22. The quantitative estimate of drug-likeness (QED) is 0.398. The van der Waals surface area contributed by atoms with Gasteiger partial charge in [-0.25, -0.2) is 23.7 Å². The first kappa shape index (κ1) is 22.8. The topological polar surface area (TPSA) is 88.2 Å². The molecule has 2 aromatic carbocycles. The number of aromatic nitrogens is 3. The Morgan fingerprint density at radius 1 is 1.14 bits per heavy atom. The third-order valence-corrected chi connectivity index (χ3v) is 8.16. The molecule has 10 heteroatoms. The van der Waals surface area contributed by atoms with E-state index in [1.165, 1.54) is 18.5 Å². The molecule has 1 saturated heterocycles. The van der Waals surface area contributed by atoms with Gasteiger partial charge in [0.15, 0.2) is 10.9 Å². The normalized spacial score (nSPS) is 16.5. The number of fused-ring (bicyclic) bond motifs is 2. The summed E-state index contributed by atoms with van der Waals surface area (Å²) in [6, 6.07) is 4.93.